The second-order valence-electron chi connectivity index (χ2n) is 8.92. The lowest BCUT2D eigenvalue weighted by atomic mass is 9.99. The topological polar surface area (TPSA) is 65.4 Å². The average molecular weight is 499 g/mol. The van der Waals surface area contributed by atoms with Gasteiger partial charge in [0.15, 0.2) is 6.20 Å². The fourth-order valence-corrected chi connectivity index (χ4v) is 4.86. The van der Waals surface area contributed by atoms with E-state index in [0.717, 1.165) is 60.0 Å². The number of ketones is 1. The fraction of sp³-hybridized carbons (Fsp3) is 0.267. The number of aromatic nitrogens is 1. The van der Waals surface area contributed by atoms with Crippen LogP contribution in [0.15, 0.2) is 72.9 Å². The van der Waals surface area contributed by atoms with Crippen molar-refractivity contribution in [2.45, 2.75) is 6.92 Å². The molecule has 7 nitrogen and oxygen atoms in total. The Labute approximate surface area is 217 Å². The molecule has 3 aromatic carbocycles. The van der Waals surface area contributed by atoms with Crippen LogP contribution in [-0.2, 0) is 0 Å². The van der Waals surface area contributed by atoms with Crippen LogP contribution in [0.4, 0.5) is 11.4 Å². The minimum Gasteiger partial charge on any atom is -0.497 e. The van der Waals surface area contributed by atoms with Crippen molar-refractivity contribution in [1.82, 2.24) is 0 Å². The van der Waals surface area contributed by atoms with E-state index in [1.807, 2.05) is 67.7 Å². The first-order valence-electron chi connectivity index (χ1n) is 12.5. The Hall–Kier alpha value is -4.26. The van der Waals surface area contributed by atoms with Crippen molar-refractivity contribution < 1.29 is 24.0 Å². The predicted octanol–water partition coefficient (Wildman–Crippen LogP) is 4.63. The van der Waals surface area contributed by atoms with Gasteiger partial charge in [-0.05, 0) is 67.6 Å². The summed E-state index contributed by atoms with van der Waals surface area (Å²) in [6.07, 6.45) is 1.83. The average Bonchev–Trinajstić information content (AvgIpc) is 2.96. The SMILES string of the molecule is CCOc1ccc2[nH+]cc(C(=O)c3ccc(OC)cc3)c(N3CCN(c4ccc(OC)cc4)CC3)c2c1. The Balaban J connectivity index is 1.51. The van der Waals surface area contributed by atoms with Gasteiger partial charge >= 0.3 is 0 Å². The molecule has 0 unspecified atom stereocenters. The molecular weight excluding hydrogens is 466 g/mol. The van der Waals surface area contributed by atoms with Gasteiger partial charge in [0.2, 0.25) is 11.3 Å². The molecule has 5 rings (SSSR count). The maximum atomic E-state index is 13.8. The van der Waals surface area contributed by atoms with Gasteiger partial charge in [0, 0.05) is 43.5 Å². The lowest BCUT2D eigenvalue weighted by Crippen LogP contribution is -2.47. The Kier molecular flexibility index (Phi) is 7.12. The maximum absolute atomic E-state index is 13.8. The van der Waals surface area contributed by atoms with Crippen molar-refractivity contribution in [2.75, 3.05) is 56.8 Å². The number of rotatable bonds is 8. The number of methoxy groups -OCH3 is 2. The minimum atomic E-state index is -0.0322. The zero-order valence-electron chi connectivity index (χ0n) is 21.5. The molecule has 1 fully saturated rings. The Morgan fingerprint density at radius 1 is 0.811 bits per heavy atom. The molecule has 37 heavy (non-hydrogen) atoms. The number of H-pyrrole nitrogens is 1. The molecule has 4 aromatic rings. The first-order chi connectivity index (χ1) is 18.1. The van der Waals surface area contributed by atoms with Gasteiger partial charge in [-0.15, -0.1) is 0 Å². The number of aromatic amines is 1. The van der Waals surface area contributed by atoms with Crippen LogP contribution in [0.5, 0.6) is 17.2 Å². The summed E-state index contributed by atoms with van der Waals surface area (Å²) in [5.41, 5.74) is 4.32. The number of fused-ring (bicyclic) bond motifs is 1. The molecule has 0 aliphatic carbocycles. The number of nitrogens with one attached hydrogen (secondary N) is 1. The third-order valence-electron chi connectivity index (χ3n) is 6.81. The number of benzene rings is 3. The van der Waals surface area contributed by atoms with E-state index in [1.54, 1.807) is 14.2 Å². The largest absolute Gasteiger partial charge is 0.497 e. The van der Waals surface area contributed by atoms with E-state index >= 15 is 0 Å². The highest BCUT2D eigenvalue weighted by atomic mass is 16.5. The molecule has 1 aliphatic heterocycles. The highest BCUT2D eigenvalue weighted by Gasteiger charge is 2.27. The molecule has 0 spiro atoms. The van der Waals surface area contributed by atoms with Gasteiger partial charge in [-0.1, -0.05) is 0 Å². The van der Waals surface area contributed by atoms with Crippen molar-refractivity contribution in [2.24, 2.45) is 0 Å². The van der Waals surface area contributed by atoms with E-state index in [4.69, 9.17) is 14.2 Å². The highest BCUT2D eigenvalue weighted by molar-refractivity contribution is 6.15. The number of hydrogen-bond donors (Lipinski definition) is 0. The number of hydrogen-bond acceptors (Lipinski definition) is 6. The Bertz CT molecular complexity index is 1380. The summed E-state index contributed by atoms with van der Waals surface area (Å²) in [4.78, 5) is 21.8. The maximum Gasteiger partial charge on any atom is 0.213 e. The molecule has 0 radical (unpaired) electrons. The van der Waals surface area contributed by atoms with Gasteiger partial charge in [-0.25, -0.2) is 4.98 Å². The molecule has 190 valence electrons. The van der Waals surface area contributed by atoms with Gasteiger partial charge in [0.1, 0.15) is 22.8 Å². The molecule has 0 atom stereocenters. The summed E-state index contributed by atoms with van der Waals surface area (Å²) >= 11 is 0. The van der Waals surface area contributed by atoms with E-state index in [0.29, 0.717) is 17.7 Å². The van der Waals surface area contributed by atoms with Gasteiger partial charge in [-0.3, -0.25) is 4.79 Å². The number of nitrogens with zero attached hydrogens (tertiary/aromatic N) is 2. The summed E-state index contributed by atoms with van der Waals surface area (Å²) < 4.78 is 16.4. The van der Waals surface area contributed by atoms with Crippen molar-refractivity contribution >= 4 is 28.1 Å². The lowest BCUT2D eigenvalue weighted by Gasteiger charge is -2.38. The van der Waals surface area contributed by atoms with E-state index in [2.05, 4.69) is 26.9 Å². The summed E-state index contributed by atoms with van der Waals surface area (Å²) in [6, 6.07) is 21.4. The summed E-state index contributed by atoms with van der Waals surface area (Å²) in [7, 11) is 3.30. The molecule has 2 heterocycles. The van der Waals surface area contributed by atoms with Gasteiger partial charge < -0.3 is 24.0 Å². The number of ether oxygens (including phenoxy) is 3. The molecule has 1 N–H and O–H groups in total. The second-order valence-corrected chi connectivity index (χ2v) is 8.92. The number of carbonyl (C=O) groups excluding carboxylic acids is 1. The van der Waals surface area contributed by atoms with Crippen LogP contribution in [-0.4, -0.2) is 52.8 Å². The predicted molar refractivity (Wildman–Crippen MR) is 146 cm³/mol. The quantitative estimate of drug-likeness (QED) is 0.330. The van der Waals surface area contributed by atoms with Crippen molar-refractivity contribution in [3.05, 3.63) is 84.1 Å². The lowest BCUT2D eigenvalue weighted by molar-refractivity contribution is -0.344. The minimum absolute atomic E-state index is 0.0322. The number of pyridine rings is 1. The standard InChI is InChI=1S/C30H31N3O4/c1-4-37-25-13-14-28-26(19-25)29(27(20-31-28)30(34)21-5-9-23(35-2)10-6-21)33-17-15-32(16-18-33)22-7-11-24(36-3)12-8-22/h5-14,19-20H,4,15-18H2,1-3H3/p+1. The van der Waals surface area contributed by atoms with E-state index in [1.165, 1.54) is 5.69 Å². The molecule has 7 heteroatoms. The summed E-state index contributed by atoms with van der Waals surface area (Å²) in [5.74, 6) is 2.32. The summed E-state index contributed by atoms with van der Waals surface area (Å²) in [6.45, 7) is 5.80. The monoisotopic (exact) mass is 498 g/mol. The van der Waals surface area contributed by atoms with E-state index < -0.39 is 0 Å². The van der Waals surface area contributed by atoms with Crippen LogP contribution in [0.3, 0.4) is 0 Å². The first kappa shape index (κ1) is 24.4. The van der Waals surface area contributed by atoms with Crippen LogP contribution in [0.2, 0.25) is 0 Å². The zero-order valence-corrected chi connectivity index (χ0v) is 21.5. The van der Waals surface area contributed by atoms with Gasteiger partial charge in [0.25, 0.3) is 0 Å². The molecule has 1 aliphatic rings. The Morgan fingerprint density at radius 3 is 2.03 bits per heavy atom. The van der Waals surface area contributed by atoms with Crippen molar-refractivity contribution in [3.63, 3.8) is 0 Å². The fourth-order valence-electron chi connectivity index (χ4n) is 4.86. The smallest absolute Gasteiger partial charge is 0.213 e. The third kappa shape index (κ3) is 5.03. The summed E-state index contributed by atoms with van der Waals surface area (Å²) in [5, 5.41) is 0.975. The molecular formula is C30H32N3O4+. The van der Waals surface area contributed by atoms with Crippen LogP contribution in [0.1, 0.15) is 22.8 Å². The van der Waals surface area contributed by atoms with E-state index in [9.17, 15) is 4.79 Å². The number of carbonyl (C=O) groups is 1. The van der Waals surface area contributed by atoms with Crippen molar-refractivity contribution in [3.8, 4) is 17.2 Å². The van der Waals surface area contributed by atoms with Crippen LogP contribution >= 0.6 is 0 Å². The van der Waals surface area contributed by atoms with Gasteiger partial charge in [0.05, 0.1) is 31.9 Å². The number of piperazine rings is 1. The Morgan fingerprint density at radius 2 is 1.41 bits per heavy atom. The molecule has 1 saturated heterocycles. The molecule has 0 amide bonds. The molecule has 1 aromatic heterocycles. The van der Waals surface area contributed by atoms with Crippen molar-refractivity contribution in [1.29, 1.82) is 0 Å². The second kappa shape index (κ2) is 10.8. The number of anilines is 2. The van der Waals surface area contributed by atoms with Gasteiger partial charge in [-0.2, -0.15) is 0 Å². The first-order valence-corrected chi connectivity index (χ1v) is 12.5. The third-order valence-corrected chi connectivity index (χ3v) is 6.81. The van der Waals surface area contributed by atoms with Crippen LogP contribution in [0.25, 0.3) is 10.9 Å². The van der Waals surface area contributed by atoms with Crippen LogP contribution < -0.4 is 29.0 Å². The normalized spacial score (nSPS) is 13.5. The zero-order chi connectivity index (χ0) is 25.8. The van der Waals surface area contributed by atoms with E-state index in [-0.39, 0.29) is 5.78 Å². The highest BCUT2D eigenvalue weighted by Crippen LogP contribution is 2.34. The van der Waals surface area contributed by atoms with Crippen LogP contribution in [0, 0.1) is 0 Å². The molecule has 0 saturated carbocycles. The molecule has 0 bridgehead atoms.